The van der Waals surface area contributed by atoms with Crippen LogP contribution in [0.4, 0.5) is 5.69 Å². The summed E-state index contributed by atoms with van der Waals surface area (Å²) in [5, 5.41) is 7.12. The summed E-state index contributed by atoms with van der Waals surface area (Å²) in [6, 6.07) is 7.73. The van der Waals surface area contributed by atoms with Gasteiger partial charge in [0.2, 0.25) is 0 Å². The molecule has 1 N–H and O–H groups in total. The van der Waals surface area contributed by atoms with Crippen molar-refractivity contribution in [1.29, 1.82) is 0 Å². The molecular formula is C14H17N3O. The molecule has 0 aliphatic rings. The molecule has 0 saturated carbocycles. The van der Waals surface area contributed by atoms with E-state index < -0.39 is 0 Å². The second-order valence-corrected chi connectivity index (χ2v) is 4.52. The maximum absolute atomic E-state index is 12.2. The quantitative estimate of drug-likeness (QED) is 0.881. The summed E-state index contributed by atoms with van der Waals surface area (Å²) in [5.74, 6) is -0.129. The highest BCUT2D eigenvalue weighted by Crippen LogP contribution is 2.20. The molecule has 1 amide bonds. The van der Waals surface area contributed by atoms with Crippen molar-refractivity contribution in [3.8, 4) is 0 Å². The maximum Gasteiger partial charge on any atom is 0.273 e. The molecule has 1 heterocycles. The van der Waals surface area contributed by atoms with E-state index in [0.29, 0.717) is 5.69 Å². The minimum absolute atomic E-state index is 0.129. The molecular weight excluding hydrogens is 226 g/mol. The van der Waals surface area contributed by atoms with Crippen molar-refractivity contribution in [3.63, 3.8) is 0 Å². The first kappa shape index (κ1) is 12.4. The third-order valence-corrected chi connectivity index (χ3v) is 2.95. The normalized spacial score (nSPS) is 10.4. The number of hydrogen-bond acceptors (Lipinski definition) is 2. The number of para-hydroxylation sites is 1. The van der Waals surface area contributed by atoms with E-state index in [1.807, 2.05) is 39.0 Å². The van der Waals surface area contributed by atoms with Gasteiger partial charge in [0.1, 0.15) is 5.69 Å². The Balaban J connectivity index is 2.30. The Morgan fingerprint density at radius 2 is 1.83 bits per heavy atom. The third-order valence-electron chi connectivity index (χ3n) is 2.95. The summed E-state index contributed by atoms with van der Waals surface area (Å²) < 4.78 is 1.60. The number of carbonyl (C=O) groups excluding carboxylic acids is 1. The molecule has 0 radical (unpaired) electrons. The van der Waals surface area contributed by atoms with Gasteiger partial charge in [-0.15, -0.1) is 0 Å². The van der Waals surface area contributed by atoms with E-state index in [1.54, 1.807) is 17.8 Å². The van der Waals surface area contributed by atoms with E-state index in [-0.39, 0.29) is 5.91 Å². The van der Waals surface area contributed by atoms with E-state index in [0.717, 1.165) is 22.5 Å². The van der Waals surface area contributed by atoms with E-state index >= 15 is 0 Å². The number of hydrogen-bond donors (Lipinski definition) is 1. The number of benzene rings is 1. The van der Waals surface area contributed by atoms with E-state index in [4.69, 9.17) is 0 Å². The topological polar surface area (TPSA) is 46.9 Å². The number of carbonyl (C=O) groups is 1. The molecule has 1 aromatic carbocycles. The number of rotatable bonds is 2. The van der Waals surface area contributed by atoms with Gasteiger partial charge in [0.05, 0.1) is 5.69 Å². The van der Waals surface area contributed by atoms with Crippen LogP contribution in [0.3, 0.4) is 0 Å². The third kappa shape index (κ3) is 2.27. The smallest absolute Gasteiger partial charge is 0.273 e. The molecule has 0 fully saturated rings. The Labute approximate surface area is 107 Å². The van der Waals surface area contributed by atoms with Gasteiger partial charge in [-0.2, -0.15) is 5.10 Å². The van der Waals surface area contributed by atoms with Crippen LogP contribution < -0.4 is 5.32 Å². The number of nitrogens with zero attached hydrogens (tertiary/aromatic N) is 2. The van der Waals surface area contributed by atoms with Crippen molar-refractivity contribution in [1.82, 2.24) is 9.78 Å². The lowest BCUT2D eigenvalue weighted by Crippen LogP contribution is -2.17. The standard InChI is InChI=1S/C14H17N3O/c1-9-6-5-7-10(2)13(9)15-14(18)12-8-11(3)16-17(12)4/h5-8H,1-4H3,(H,15,18). The minimum atomic E-state index is -0.129. The number of anilines is 1. The molecule has 94 valence electrons. The molecule has 18 heavy (non-hydrogen) atoms. The van der Waals surface area contributed by atoms with Crippen molar-refractivity contribution in [2.24, 2.45) is 7.05 Å². The lowest BCUT2D eigenvalue weighted by atomic mass is 10.1. The van der Waals surface area contributed by atoms with Crippen LogP contribution in [0.2, 0.25) is 0 Å². The van der Waals surface area contributed by atoms with Crippen LogP contribution in [0.5, 0.6) is 0 Å². The maximum atomic E-state index is 12.2. The van der Waals surface area contributed by atoms with E-state index in [9.17, 15) is 4.79 Å². The zero-order chi connectivity index (χ0) is 13.3. The first-order valence-corrected chi connectivity index (χ1v) is 5.87. The molecule has 4 nitrogen and oxygen atoms in total. The highest BCUT2D eigenvalue weighted by Gasteiger charge is 2.13. The van der Waals surface area contributed by atoms with E-state index in [1.165, 1.54) is 0 Å². The van der Waals surface area contributed by atoms with Crippen molar-refractivity contribution in [2.75, 3.05) is 5.32 Å². The summed E-state index contributed by atoms with van der Waals surface area (Å²) in [6.45, 7) is 5.84. The minimum Gasteiger partial charge on any atom is -0.320 e. The molecule has 0 saturated heterocycles. The molecule has 4 heteroatoms. The summed E-state index contributed by atoms with van der Waals surface area (Å²) in [4.78, 5) is 12.2. The second-order valence-electron chi connectivity index (χ2n) is 4.52. The number of amides is 1. The van der Waals surface area contributed by atoms with Crippen molar-refractivity contribution < 1.29 is 4.79 Å². The van der Waals surface area contributed by atoms with Gasteiger partial charge in [-0.3, -0.25) is 9.48 Å². The predicted molar refractivity (Wildman–Crippen MR) is 71.8 cm³/mol. The first-order chi connectivity index (χ1) is 8.49. The molecule has 0 atom stereocenters. The molecule has 1 aromatic heterocycles. The Kier molecular flexibility index (Phi) is 3.19. The largest absolute Gasteiger partial charge is 0.320 e. The summed E-state index contributed by atoms with van der Waals surface area (Å²) in [7, 11) is 1.77. The lowest BCUT2D eigenvalue weighted by molar-refractivity contribution is 0.101. The van der Waals surface area contributed by atoms with Gasteiger partial charge in [0, 0.05) is 12.7 Å². The molecule has 0 bridgehead atoms. The Bertz CT molecular complexity index is 579. The Morgan fingerprint density at radius 1 is 1.22 bits per heavy atom. The van der Waals surface area contributed by atoms with Crippen LogP contribution in [0.15, 0.2) is 24.3 Å². The van der Waals surface area contributed by atoms with Gasteiger partial charge in [-0.1, -0.05) is 18.2 Å². The molecule has 2 rings (SSSR count). The lowest BCUT2D eigenvalue weighted by Gasteiger charge is -2.11. The van der Waals surface area contributed by atoms with Gasteiger partial charge in [0.25, 0.3) is 5.91 Å². The number of aryl methyl sites for hydroxylation is 4. The van der Waals surface area contributed by atoms with Gasteiger partial charge >= 0.3 is 0 Å². The zero-order valence-electron chi connectivity index (χ0n) is 11.1. The predicted octanol–water partition coefficient (Wildman–Crippen LogP) is 2.60. The molecule has 2 aromatic rings. The van der Waals surface area contributed by atoms with Gasteiger partial charge in [-0.25, -0.2) is 0 Å². The fraction of sp³-hybridized carbons (Fsp3) is 0.286. The SMILES string of the molecule is Cc1cc(C(=O)Nc2c(C)cccc2C)n(C)n1. The average Bonchev–Trinajstić information content (AvgIpc) is 2.63. The zero-order valence-corrected chi connectivity index (χ0v) is 11.1. The fourth-order valence-corrected chi connectivity index (χ4v) is 2.01. The molecule has 0 unspecified atom stereocenters. The first-order valence-electron chi connectivity index (χ1n) is 5.87. The highest BCUT2D eigenvalue weighted by atomic mass is 16.2. The Hall–Kier alpha value is -2.10. The van der Waals surface area contributed by atoms with Crippen LogP contribution in [0.1, 0.15) is 27.3 Å². The van der Waals surface area contributed by atoms with Gasteiger partial charge < -0.3 is 5.32 Å². The molecule has 0 aliphatic carbocycles. The molecule has 0 aliphatic heterocycles. The van der Waals surface area contributed by atoms with Crippen molar-refractivity contribution in [2.45, 2.75) is 20.8 Å². The highest BCUT2D eigenvalue weighted by molar-refractivity contribution is 6.04. The monoisotopic (exact) mass is 243 g/mol. The van der Waals surface area contributed by atoms with Crippen LogP contribution >= 0.6 is 0 Å². The summed E-state index contributed by atoms with van der Waals surface area (Å²) in [6.07, 6.45) is 0. The van der Waals surface area contributed by atoms with Crippen LogP contribution in [-0.4, -0.2) is 15.7 Å². The molecule has 0 spiro atoms. The summed E-state index contributed by atoms with van der Waals surface area (Å²) >= 11 is 0. The van der Waals surface area contributed by atoms with Gasteiger partial charge in [0.15, 0.2) is 0 Å². The van der Waals surface area contributed by atoms with Crippen LogP contribution in [0.25, 0.3) is 0 Å². The number of nitrogens with one attached hydrogen (secondary N) is 1. The summed E-state index contributed by atoms with van der Waals surface area (Å²) in [5.41, 5.74) is 4.39. The Morgan fingerprint density at radius 3 is 2.33 bits per heavy atom. The number of aromatic nitrogens is 2. The second kappa shape index (κ2) is 4.64. The average molecular weight is 243 g/mol. The fourth-order valence-electron chi connectivity index (χ4n) is 2.01. The van der Waals surface area contributed by atoms with Crippen LogP contribution in [-0.2, 0) is 7.05 Å². The van der Waals surface area contributed by atoms with Crippen LogP contribution in [0, 0.1) is 20.8 Å². The van der Waals surface area contributed by atoms with E-state index in [2.05, 4.69) is 10.4 Å². The van der Waals surface area contributed by atoms with Crippen molar-refractivity contribution in [3.05, 3.63) is 46.8 Å². The van der Waals surface area contributed by atoms with Gasteiger partial charge in [-0.05, 0) is 38.0 Å². The van der Waals surface area contributed by atoms with Crippen molar-refractivity contribution >= 4 is 11.6 Å².